The van der Waals surface area contributed by atoms with Crippen molar-refractivity contribution in [2.45, 2.75) is 17.9 Å². The van der Waals surface area contributed by atoms with Crippen molar-refractivity contribution in [3.63, 3.8) is 0 Å². The lowest BCUT2D eigenvalue weighted by atomic mass is 10.1. The summed E-state index contributed by atoms with van der Waals surface area (Å²) in [6.45, 7) is 2.08. The molecule has 0 amide bonds. The Morgan fingerprint density at radius 1 is 1.28 bits per heavy atom. The topological polar surface area (TPSA) is 50.9 Å². The molecule has 0 aliphatic carbocycles. The summed E-state index contributed by atoms with van der Waals surface area (Å²) in [5.41, 5.74) is 5.23. The first-order chi connectivity index (χ1) is 8.81. The number of aryl methyl sites for hydroxylation is 1. The normalized spacial score (nSPS) is 12.3. The fraction of sp³-hybridized carbons (Fsp3) is 0.214. The molecule has 1 unspecified atom stereocenters. The highest BCUT2D eigenvalue weighted by Crippen LogP contribution is 2.25. The Hall–Kier alpha value is -1.36. The average Bonchev–Trinajstić information content (AvgIpc) is 2.42. The Labute approximate surface area is 112 Å². The summed E-state index contributed by atoms with van der Waals surface area (Å²) in [4.78, 5) is 5.41. The summed E-state index contributed by atoms with van der Waals surface area (Å²) in [7, 11) is 0. The molecule has 4 heteroatoms. The molecule has 0 saturated carbocycles. The molecule has 1 aromatic heterocycles. The number of hydrogen-bond donors (Lipinski definition) is 2. The summed E-state index contributed by atoms with van der Waals surface area (Å²) in [6, 6.07) is 12.4. The van der Waals surface area contributed by atoms with Gasteiger partial charge in [-0.3, -0.25) is 16.3 Å². The van der Waals surface area contributed by atoms with Gasteiger partial charge in [-0.1, -0.05) is 18.2 Å². The molecule has 0 radical (unpaired) electrons. The number of nitrogens with one attached hydrogen (secondary N) is 1. The van der Waals surface area contributed by atoms with Gasteiger partial charge in [0.1, 0.15) is 0 Å². The lowest BCUT2D eigenvalue weighted by Gasteiger charge is -2.17. The zero-order valence-corrected chi connectivity index (χ0v) is 11.2. The van der Waals surface area contributed by atoms with E-state index in [-0.39, 0.29) is 6.04 Å². The Morgan fingerprint density at radius 2 is 2.06 bits per heavy atom. The van der Waals surface area contributed by atoms with Crippen LogP contribution in [0.1, 0.15) is 17.2 Å². The van der Waals surface area contributed by atoms with Gasteiger partial charge in [-0.15, -0.1) is 11.8 Å². The molecule has 0 aliphatic heterocycles. The fourth-order valence-corrected chi connectivity index (χ4v) is 2.75. The second-order valence-corrected chi connectivity index (χ2v) is 5.17. The molecule has 18 heavy (non-hydrogen) atoms. The zero-order chi connectivity index (χ0) is 12.8. The average molecular weight is 259 g/mol. The predicted molar refractivity (Wildman–Crippen MR) is 76.2 cm³/mol. The molecule has 0 fully saturated rings. The Kier molecular flexibility index (Phi) is 4.75. The molecule has 1 heterocycles. The van der Waals surface area contributed by atoms with Crippen LogP contribution in [0.15, 0.2) is 53.7 Å². The van der Waals surface area contributed by atoms with Crippen LogP contribution in [0.4, 0.5) is 0 Å². The van der Waals surface area contributed by atoms with Crippen LogP contribution in [0.5, 0.6) is 0 Å². The van der Waals surface area contributed by atoms with E-state index in [0.717, 1.165) is 11.3 Å². The van der Waals surface area contributed by atoms with Gasteiger partial charge in [0.15, 0.2) is 0 Å². The fourth-order valence-electron chi connectivity index (χ4n) is 1.76. The van der Waals surface area contributed by atoms with Crippen LogP contribution in [0.2, 0.25) is 0 Å². The van der Waals surface area contributed by atoms with Crippen LogP contribution in [0.25, 0.3) is 0 Å². The van der Waals surface area contributed by atoms with E-state index in [4.69, 9.17) is 5.84 Å². The number of pyridine rings is 1. The predicted octanol–water partition coefficient (Wildman–Crippen LogP) is 2.69. The van der Waals surface area contributed by atoms with E-state index < -0.39 is 0 Å². The van der Waals surface area contributed by atoms with Crippen LogP contribution in [-0.4, -0.2) is 10.7 Å². The number of rotatable bonds is 5. The number of nitrogens with zero attached hydrogens (tertiary/aromatic N) is 1. The van der Waals surface area contributed by atoms with E-state index in [1.54, 1.807) is 18.0 Å². The van der Waals surface area contributed by atoms with Crippen molar-refractivity contribution in [1.82, 2.24) is 10.4 Å². The van der Waals surface area contributed by atoms with Crippen molar-refractivity contribution in [3.8, 4) is 0 Å². The van der Waals surface area contributed by atoms with Gasteiger partial charge >= 0.3 is 0 Å². The van der Waals surface area contributed by atoms with Crippen LogP contribution < -0.4 is 11.3 Å². The van der Waals surface area contributed by atoms with Gasteiger partial charge in [0.05, 0.1) is 6.04 Å². The first kappa shape index (κ1) is 13.1. The molecule has 0 saturated heterocycles. The summed E-state index contributed by atoms with van der Waals surface area (Å²) in [6.07, 6.45) is 3.68. The van der Waals surface area contributed by atoms with Gasteiger partial charge in [0, 0.05) is 23.0 Å². The third-order valence-corrected chi connectivity index (χ3v) is 3.92. The van der Waals surface area contributed by atoms with E-state index in [1.165, 1.54) is 10.5 Å². The number of benzene rings is 1. The number of thioether (sulfide) groups is 1. The molecule has 3 nitrogen and oxygen atoms in total. The zero-order valence-electron chi connectivity index (χ0n) is 10.3. The first-order valence-corrected chi connectivity index (χ1v) is 6.84. The van der Waals surface area contributed by atoms with E-state index >= 15 is 0 Å². The molecule has 2 rings (SSSR count). The van der Waals surface area contributed by atoms with E-state index in [2.05, 4.69) is 29.5 Å². The van der Waals surface area contributed by atoms with Crippen LogP contribution in [0, 0.1) is 6.92 Å². The summed E-state index contributed by atoms with van der Waals surface area (Å²) < 4.78 is 0. The molecular formula is C14H17N3S. The second-order valence-electron chi connectivity index (χ2n) is 4.08. The minimum absolute atomic E-state index is 0.115. The first-order valence-electron chi connectivity index (χ1n) is 5.85. The Balaban J connectivity index is 2.04. The highest BCUT2D eigenvalue weighted by molar-refractivity contribution is 7.99. The molecule has 0 bridgehead atoms. The maximum atomic E-state index is 5.65. The van der Waals surface area contributed by atoms with Crippen molar-refractivity contribution in [2.75, 3.05) is 5.75 Å². The van der Waals surface area contributed by atoms with Crippen molar-refractivity contribution >= 4 is 11.8 Å². The van der Waals surface area contributed by atoms with Crippen molar-refractivity contribution in [3.05, 3.63) is 59.9 Å². The molecule has 1 aromatic carbocycles. The monoisotopic (exact) mass is 259 g/mol. The maximum Gasteiger partial charge on any atom is 0.0571 e. The maximum absolute atomic E-state index is 5.65. The van der Waals surface area contributed by atoms with Gasteiger partial charge in [-0.2, -0.15) is 0 Å². The van der Waals surface area contributed by atoms with Crippen molar-refractivity contribution in [2.24, 2.45) is 5.84 Å². The van der Waals surface area contributed by atoms with Crippen LogP contribution >= 0.6 is 11.8 Å². The van der Waals surface area contributed by atoms with Gasteiger partial charge in [-0.25, -0.2) is 0 Å². The third-order valence-electron chi connectivity index (χ3n) is 2.82. The van der Waals surface area contributed by atoms with Gasteiger partial charge in [0.2, 0.25) is 0 Å². The smallest absolute Gasteiger partial charge is 0.0571 e. The summed E-state index contributed by atoms with van der Waals surface area (Å²) in [5, 5.41) is 0. The lowest BCUT2D eigenvalue weighted by Crippen LogP contribution is -2.30. The summed E-state index contributed by atoms with van der Waals surface area (Å²) in [5.74, 6) is 6.53. The third kappa shape index (κ3) is 3.32. The SMILES string of the molecule is Cc1ccncc1C(CSc1ccccc1)NN. The molecule has 2 aromatic rings. The number of nitrogens with two attached hydrogens (primary N) is 1. The molecule has 0 spiro atoms. The van der Waals surface area contributed by atoms with Gasteiger partial charge in [0.25, 0.3) is 0 Å². The molecular weight excluding hydrogens is 242 g/mol. The van der Waals surface area contributed by atoms with Gasteiger partial charge < -0.3 is 0 Å². The highest BCUT2D eigenvalue weighted by atomic mass is 32.2. The summed E-state index contributed by atoms with van der Waals surface area (Å²) >= 11 is 1.79. The number of hydrazine groups is 1. The van der Waals surface area contributed by atoms with Crippen molar-refractivity contribution in [1.29, 1.82) is 0 Å². The highest BCUT2D eigenvalue weighted by Gasteiger charge is 2.12. The Morgan fingerprint density at radius 3 is 2.72 bits per heavy atom. The van der Waals surface area contributed by atoms with E-state index in [0.29, 0.717) is 0 Å². The number of hydrogen-bond acceptors (Lipinski definition) is 4. The minimum atomic E-state index is 0.115. The second kappa shape index (κ2) is 6.54. The van der Waals surface area contributed by atoms with E-state index in [1.807, 2.05) is 30.5 Å². The quantitative estimate of drug-likeness (QED) is 0.492. The van der Waals surface area contributed by atoms with Gasteiger partial charge in [-0.05, 0) is 36.2 Å². The van der Waals surface area contributed by atoms with Crippen molar-refractivity contribution < 1.29 is 0 Å². The molecule has 1 atom stereocenters. The molecule has 0 aliphatic rings. The van der Waals surface area contributed by atoms with Crippen LogP contribution in [-0.2, 0) is 0 Å². The molecule has 94 valence electrons. The number of aromatic nitrogens is 1. The largest absolute Gasteiger partial charge is 0.271 e. The minimum Gasteiger partial charge on any atom is -0.271 e. The van der Waals surface area contributed by atoms with Crippen LogP contribution in [0.3, 0.4) is 0 Å². The molecule has 3 N–H and O–H groups in total. The Bertz CT molecular complexity index is 487. The standard InChI is InChI=1S/C14H17N3S/c1-11-7-8-16-9-13(11)14(17-15)10-18-12-5-3-2-4-6-12/h2-9,14,17H,10,15H2,1H3. The lowest BCUT2D eigenvalue weighted by molar-refractivity contribution is 0.605. The van der Waals surface area contributed by atoms with E-state index in [9.17, 15) is 0 Å².